The molecule has 7 aliphatic rings. The normalized spacial score (nSPS) is 36.0. The molecular weight excluding hydrogens is 805 g/mol. The van der Waals surface area contributed by atoms with Gasteiger partial charge < -0.3 is 39.2 Å². The number of allylic oxidation sites excluding steroid dienone is 4. The number of nitrogens with zero attached hydrogens (tertiary/aromatic N) is 2. The molecule has 0 amide bonds. The number of Topliss-reactive ketones (excluding diaryl/α,β-unsaturated/α-hetero) is 1. The van der Waals surface area contributed by atoms with E-state index in [0.29, 0.717) is 55.0 Å². The number of carbonyl (C=O) groups is 4. The summed E-state index contributed by atoms with van der Waals surface area (Å²) in [6, 6.07) is 1.42. The fourth-order valence-electron chi connectivity index (χ4n) is 12.9. The number of methoxy groups -OCH3 is 1. The van der Waals surface area contributed by atoms with Crippen LogP contribution in [0.2, 0.25) is 0 Å². The van der Waals surface area contributed by atoms with Crippen LogP contribution in [0, 0.1) is 40.3 Å². The number of piperidine rings is 1. The fourth-order valence-corrected chi connectivity index (χ4v) is 12.9. The Morgan fingerprint density at radius 3 is 2.56 bits per heavy atom. The third-order valence-electron chi connectivity index (χ3n) is 16.2. The van der Waals surface area contributed by atoms with Crippen LogP contribution in [0.4, 0.5) is 14.5 Å². The van der Waals surface area contributed by atoms with Gasteiger partial charge in [0.25, 0.3) is 0 Å². The molecule has 2 aliphatic heterocycles. The number of ketones is 2. The van der Waals surface area contributed by atoms with Crippen molar-refractivity contribution in [3.63, 3.8) is 0 Å². The summed E-state index contributed by atoms with van der Waals surface area (Å²) >= 11 is 0. The molecular formula is C47H57F2N3O10. The molecule has 6 fully saturated rings. The smallest absolute Gasteiger partial charge is 0.343 e. The number of carbonyl (C=O) groups excluding carboxylic acids is 4. The largest absolute Gasteiger partial charge is 0.492 e. The molecule has 2 saturated heterocycles. The van der Waals surface area contributed by atoms with Gasteiger partial charge in [0.05, 0.1) is 30.7 Å². The van der Waals surface area contributed by atoms with Crippen LogP contribution in [-0.4, -0.2) is 102 Å². The first-order valence-corrected chi connectivity index (χ1v) is 22.3. The van der Waals surface area contributed by atoms with E-state index >= 15 is 8.78 Å². The van der Waals surface area contributed by atoms with Crippen molar-refractivity contribution in [2.24, 2.45) is 34.5 Å². The summed E-state index contributed by atoms with van der Waals surface area (Å²) in [6.45, 7) is 6.33. The summed E-state index contributed by atoms with van der Waals surface area (Å²) < 4.78 is 52.0. The number of halogens is 2. The Kier molecular flexibility index (Phi) is 10.6. The number of hydrogen-bond donors (Lipinski definition) is 3. The predicted octanol–water partition coefficient (Wildman–Crippen LogP) is 5.07. The number of benzene rings is 1. The van der Waals surface area contributed by atoms with Crippen molar-refractivity contribution < 1.29 is 52.4 Å². The predicted molar refractivity (Wildman–Crippen MR) is 223 cm³/mol. The van der Waals surface area contributed by atoms with Crippen LogP contribution in [0.1, 0.15) is 101 Å². The van der Waals surface area contributed by atoms with Crippen LogP contribution >= 0.6 is 0 Å². The lowest BCUT2D eigenvalue weighted by Crippen LogP contribution is -2.69. The molecule has 3 N–H and O–H groups in total. The molecule has 0 spiro atoms. The molecule has 1 aromatic carbocycles. The SMILES string of the molecule is COc1c(N2C[C@@H]3CCCN[C@@H]3C2)c(F)cc2c(=O)c(C(=O)OCCCC(=O)OCC(=O)[C@]3(O)[C@@H](C)C[C@@H]4[C@H]5CCC6=CC(=O)C=C[C@@]6(C)[C@]5(F)[C@H](O)C[C@]43C)cn(C3CC3)c12. The van der Waals surface area contributed by atoms with Crippen LogP contribution in [0.15, 0.2) is 40.9 Å². The highest BCUT2D eigenvalue weighted by atomic mass is 19.1. The van der Waals surface area contributed by atoms with Crippen molar-refractivity contribution in [3.8, 4) is 5.75 Å². The maximum Gasteiger partial charge on any atom is 0.343 e. The van der Waals surface area contributed by atoms with Crippen LogP contribution in [0.3, 0.4) is 0 Å². The second-order valence-corrected chi connectivity index (χ2v) is 19.5. The van der Waals surface area contributed by atoms with E-state index in [1.165, 1.54) is 31.5 Å². The van der Waals surface area contributed by atoms with Gasteiger partial charge >= 0.3 is 11.9 Å². The average Bonchev–Trinajstić information content (AvgIpc) is 3.96. The third-order valence-corrected chi connectivity index (χ3v) is 16.2. The van der Waals surface area contributed by atoms with Gasteiger partial charge in [-0.05, 0) is 107 Å². The Labute approximate surface area is 358 Å². The molecule has 5 aliphatic carbocycles. The second kappa shape index (κ2) is 15.4. The van der Waals surface area contributed by atoms with Gasteiger partial charge in [0.2, 0.25) is 11.2 Å². The zero-order chi connectivity index (χ0) is 44.1. The number of ether oxygens (including phenoxy) is 3. The van der Waals surface area contributed by atoms with Crippen molar-refractivity contribution in [1.82, 2.24) is 9.88 Å². The number of aliphatic hydroxyl groups is 2. The maximum atomic E-state index is 17.5. The average molecular weight is 862 g/mol. The van der Waals surface area contributed by atoms with Crippen molar-refractivity contribution in [1.29, 1.82) is 0 Å². The van der Waals surface area contributed by atoms with Crippen LogP contribution in [-0.2, 0) is 23.9 Å². The number of pyridine rings is 1. The zero-order valence-corrected chi connectivity index (χ0v) is 35.8. The number of rotatable bonds is 11. The third kappa shape index (κ3) is 6.33. The summed E-state index contributed by atoms with van der Waals surface area (Å²) in [5, 5.41) is 27.4. The van der Waals surface area contributed by atoms with Gasteiger partial charge in [0.15, 0.2) is 29.6 Å². The minimum Gasteiger partial charge on any atom is -0.492 e. The quantitative estimate of drug-likeness (QED) is 0.203. The number of nitrogens with one attached hydrogen (secondary N) is 1. The highest BCUT2D eigenvalue weighted by molar-refractivity contribution is 6.01. The van der Waals surface area contributed by atoms with Crippen molar-refractivity contribution >= 4 is 40.1 Å². The molecule has 10 atom stereocenters. The standard InChI is InChI=1S/C47H57F2N3O10/c1-25-17-33-32-12-9-27-18-29(53)13-14-44(27,2)46(32,49)36(54)20-45(33,3)47(25,59)37(55)24-62-38(56)8-6-16-61-43(58)31-22-52(28-10-11-28)39-30(41(31)57)19-34(48)40(42(39)60-4)51-21-26-7-5-15-50-35(26)23-51/h13-14,18-19,22,25-26,28,32-33,35-36,50,54,59H,5-12,15-17,20-21,23-24H2,1-4H3/t25-,26-,32+,33+,35+,36+,44+,45+,46+,47+/m0/s1. The Morgan fingerprint density at radius 1 is 1.06 bits per heavy atom. The van der Waals surface area contributed by atoms with E-state index in [1.54, 1.807) is 26.8 Å². The van der Waals surface area contributed by atoms with E-state index in [2.05, 4.69) is 5.32 Å². The minimum absolute atomic E-state index is 0.00378. The van der Waals surface area contributed by atoms with E-state index in [0.717, 1.165) is 32.2 Å². The summed E-state index contributed by atoms with van der Waals surface area (Å²) in [4.78, 5) is 68.2. The molecule has 13 nitrogen and oxygen atoms in total. The topological polar surface area (TPSA) is 174 Å². The number of aromatic nitrogens is 1. The number of anilines is 1. The zero-order valence-electron chi connectivity index (χ0n) is 35.8. The minimum atomic E-state index is -2.12. The molecule has 15 heteroatoms. The molecule has 1 aromatic heterocycles. The first-order valence-electron chi connectivity index (χ1n) is 22.3. The molecule has 0 radical (unpaired) electrons. The van der Waals surface area contributed by atoms with Crippen molar-refractivity contribution in [3.05, 3.63) is 57.7 Å². The lowest BCUT2D eigenvalue weighted by Gasteiger charge is -2.62. The number of alkyl halides is 1. The number of aliphatic hydroxyl groups excluding tert-OH is 1. The Bertz CT molecular complexity index is 2350. The maximum absolute atomic E-state index is 17.5. The monoisotopic (exact) mass is 861 g/mol. The Hall–Kier alpha value is -4.47. The van der Waals surface area contributed by atoms with Crippen molar-refractivity contribution in [2.75, 3.05) is 44.9 Å². The molecule has 2 aromatic rings. The van der Waals surface area contributed by atoms with Gasteiger partial charge in [-0.1, -0.05) is 25.5 Å². The molecule has 62 heavy (non-hydrogen) atoms. The highest BCUT2D eigenvalue weighted by Crippen LogP contribution is 2.70. The second-order valence-electron chi connectivity index (χ2n) is 19.5. The van der Waals surface area contributed by atoms with Crippen LogP contribution in [0.25, 0.3) is 10.9 Å². The lowest BCUT2D eigenvalue weighted by molar-refractivity contribution is -0.220. The van der Waals surface area contributed by atoms with Gasteiger partial charge in [-0.25, -0.2) is 13.6 Å². The van der Waals surface area contributed by atoms with E-state index < -0.39 is 81.5 Å². The molecule has 4 saturated carbocycles. The molecule has 0 bridgehead atoms. The first kappa shape index (κ1) is 42.8. The summed E-state index contributed by atoms with van der Waals surface area (Å²) in [5.41, 5.74) is -6.16. The number of hydrogen-bond acceptors (Lipinski definition) is 12. The van der Waals surface area contributed by atoms with Crippen LogP contribution < -0.4 is 20.4 Å². The lowest BCUT2D eigenvalue weighted by atomic mass is 9.44. The molecule has 3 heterocycles. The summed E-state index contributed by atoms with van der Waals surface area (Å²) in [7, 11) is 1.46. The molecule has 0 unspecified atom stereocenters. The number of esters is 2. The first-order chi connectivity index (χ1) is 29.5. The van der Waals surface area contributed by atoms with E-state index in [4.69, 9.17) is 14.2 Å². The molecule has 334 valence electrons. The highest BCUT2D eigenvalue weighted by Gasteiger charge is 2.75. The van der Waals surface area contributed by atoms with E-state index in [9.17, 15) is 34.2 Å². The van der Waals surface area contributed by atoms with E-state index in [-0.39, 0.29) is 60.4 Å². The van der Waals surface area contributed by atoms with Gasteiger partial charge in [-0.3, -0.25) is 19.2 Å². The Morgan fingerprint density at radius 2 is 1.84 bits per heavy atom. The summed E-state index contributed by atoms with van der Waals surface area (Å²) in [6.07, 6.45) is 8.66. The Balaban J connectivity index is 0.835. The van der Waals surface area contributed by atoms with Gasteiger partial charge in [0, 0.05) is 54.5 Å². The fraction of sp³-hybridized carbons (Fsp3) is 0.638. The van der Waals surface area contributed by atoms with Crippen LogP contribution in [0.5, 0.6) is 5.75 Å². The summed E-state index contributed by atoms with van der Waals surface area (Å²) in [5.74, 6) is -4.42. The van der Waals surface area contributed by atoms with Gasteiger partial charge in [-0.2, -0.15) is 0 Å². The van der Waals surface area contributed by atoms with Gasteiger partial charge in [-0.15, -0.1) is 0 Å². The van der Waals surface area contributed by atoms with Gasteiger partial charge in [0.1, 0.15) is 16.9 Å². The molecule has 9 rings (SSSR count). The van der Waals surface area contributed by atoms with Crippen molar-refractivity contribution in [2.45, 2.75) is 114 Å². The number of fused-ring (bicyclic) bond motifs is 7. The van der Waals surface area contributed by atoms with E-state index in [1.807, 2.05) is 9.47 Å².